The van der Waals surface area contributed by atoms with Crippen LogP contribution in [0, 0.1) is 6.92 Å². The lowest BCUT2D eigenvalue weighted by atomic mass is 9.94. The van der Waals surface area contributed by atoms with Gasteiger partial charge in [0.15, 0.2) is 5.78 Å². The lowest BCUT2D eigenvalue weighted by Gasteiger charge is -2.25. The molecule has 4 rings (SSSR count). The van der Waals surface area contributed by atoms with Gasteiger partial charge in [-0.2, -0.15) is 0 Å². The number of ketones is 1. The van der Waals surface area contributed by atoms with Crippen molar-refractivity contribution < 1.29 is 14.0 Å². The smallest absolute Gasteiger partial charge is 0.224 e. The van der Waals surface area contributed by atoms with Crippen molar-refractivity contribution >= 4 is 11.7 Å². The average Bonchev–Trinajstić information content (AvgIpc) is 3.42. The molecule has 0 aliphatic carbocycles. The fraction of sp³-hybridized carbons (Fsp3) is 0.304. The van der Waals surface area contributed by atoms with E-state index in [4.69, 9.17) is 4.42 Å². The zero-order chi connectivity index (χ0) is 20.2. The largest absolute Gasteiger partial charge is 0.425 e. The van der Waals surface area contributed by atoms with Crippen molar-refractivity contribution in [2.75, 3.05) is 6.54 Å². The number of likely N-dealkylation sites (tertiary alicyclic amines) is 1. The van der Waals surface area contributed by atoms with Crippen LogP contribution in [-0.2, 0) is 4.79 Å². The van der Waals surface area contributed by atoms with Crippen LogP contribution in [0.2, 0.25) is 0 Å². The van der Waals surface area contributed by atoms with Crippen LogP contribution in [0.3, 0.4) is 0 Å². The van der Waals surface area contributed by atoms with Crippen LogP contribution in [0.15, 0.2) is 65.1 Å². The molecule has 148 valence electrons. The summed E-state index contributed by atoms with van der Waals surface area (Å²) in [5.41, 5.74) is 1.58. The standard InChI is InChI=1S/C23H23N3O3/c1-16-24-25-23(29-16)19(17-9-4-2-5-10-17)15-21(27)26-14-8-13-20(26)22(28)18-11-6-3-7-12-18/h2-7,9-12,19-20H,8,13-15H2,1H3. The quantitative estimate of drug-likeness (QED) is 0.600. The molecule has 1 saturated heterocycles. The van der Waals surface area contributed by atoms with Gasteiger partial charge < -0.3 is 9.32 Å². The third kappa shape index (κ3) is 4.11. The van der Waals surface area contributed by atoms with Gasteiger partial charge in [-0.05, 0) is 18.4 Å². The number of Topliss-reactive ketones (excluding diaryl/α,β-unsaturated/α-hetero) is 1. The van der Waals surface area contributed by atoms with E-state index in [9.17, 15) is 9.59 Å². The average molecular weight is 389 g/mol. The normalized spacial score (nSPS) is 17.3. The topological polar surface area (TPSA) is 76.3 Å². The highest BCUT2D eigenvalue weighted by Crippen LogP contribution is 2.30. The molecule has 1 aliphatic rings. The van der Waals surface area contributed by atoms with Gasteiger partial charge in [-0.3, -0.25) is 9.59 Å². The molecule has 1 aromatic heterocycles. The van der Waals surface area contributed by atoms with E-state index in [1.54, 1.807) is 24.0 Å². The highest BCUT2D eigenvalue weighted by atomic mass is 16.4. The zero-order valence-electron chi connectivity index (χ0n) is 16.3. The summed E-state index contributed by atoms with van der Waals surface area (Å²) < 4.78 is 5.65. The second kappa shape index (κ2) is 8.39. The van der Waals surface area contributed by atoms with E-state index in [1.165, 1.54) is 0 Å². The number of aryl methyl sites for hydroxylation is 1. The van der Waals surface area contributed by atoms with Gasteiger partial charge in [-0.15, -0.1) is 10.2 Å². The number of nitrogens with zero attached hydrogens (tertiary/aromatic N) is 3. The highest BCUT2D eigenvalue weighted by Gasteiger charge is 2.36. The van der Waals surface area contributed by atoms with E-state index < -0.39 is 6.04 Å². The molecular formula is C23H23N3O3. The van der Waals surface area contributed by atoms with E-state index in [0.29, 0.717) is 30.3 Å². The summed E-state index contributed by atoms with van der Waals surface area (Å²) in [7, 11) is 0. The third-order valence-electron chi connectivity index (χ3n) is 5.35. The first kappa shape index (κ1) is 19.1. The van der Waals surface area contributed by atoms with Crippen LogP contribution in [0.5, 0.6) is 0 Å². The van der Waals surface area contributed by atoms with Crippen molar-refractivity contribution in [3.8, 4) is 0 Å². The minimum absolute atomic E-state index is 0.00125. The SMILES string of the molecule is Cc1nnc(C(CC(=O)N2CCCC2C(=O)c2ccccc2)c2ccccc2)o1. The Kier molecular flexibility index (Phi) is 5.51. The van der Waals surface area contributed by atoms with Gasteiger partial charge >= 0.3 is 0 Å². The van der Waals surface area contributed by atoms with Gasteiger partial charge in [-0.25, -0.2) is 0 Å². The molecule has 2 aromatic carbocycles. The Balaban J connectivity index is 1.56. The van der Waals surface area contributed by atoms with E-state index in [-0.39, 0.29) is 24.0 Å². The molecule has 2 heterocycles. The van der Waals surface area contributed by atoms with Crippen molar-refractivity contribution in [3.63, 3.8) is 0 Å². The monoisotopic (exact) mass is 389 g/mol. The van der Waals surface area contributed by atoms with Gasteiger partial charge in [0, 0.05) is 25.5 Å². The van der Waals surface area contributed by atoms with Crippen LogP contribution in [-0.4, -0.2) is 39.4 Å². The van der Waals surface area contributed by atoms with Crippen molar-refractivity contribution in [2.24, 2.45) is 0 Å². The summed E-state index contributed by atoms with van der Waals surface area (Å²) in [5.74, 6) is 0.486. The van der Waals surface area contributed by atoms with Gasteiger partial charge in [0.2, 0.25) is 17.7 Å². The number of aromatic nitrogens is 2. The fourth-order valence-electron chi connectivity index (χ4n) is 3.91. The second-order valence-corrected chi connectivity index (χ2v) is 7.30. The zero-order valence-corrected chi connectivity index (χ0v) is 16.3. The maximum Gasteiger partial charge on any atom is 0.224 e. The van der Waals surface area contributed by atoms with E-state index in [0.717, 1.165) is 12.0 Å². The van der Waals surface area contributed by atoms with Crippen LogP contribution in [0.4, 0.5) is 0 Å². The second-order valence-electron chi connectivity index (χ2n) is 7.30. The van der Waals surface area contributed by atoms with Crippen LogP contribution >= 0.6 is 0 Å². The summed E-state index contributed by atoms with van der Waals surface area (Å²) >= 11 is 0. The van der Waals surface area contributed by atoms with Crippen molar-refractivity contribution in [1.29, 1.82) is 0 Å². The molecule has 0 spiro atoms. The first-order valence-corrected chi connectivity index (χ1v) is 9.87. The van der Waals surface area contributed by atoms with Crippen molar-refractivity contribution in [2.45, 2.75) is 38.1 Å². The molecular weight excluding hydrogens is 366 g/mol. The molecule has 3 aromatic rings. The summed E-state index contributed by atoms with van der Waals surface area (Å²) in [6, 6.07) is 18.4. The molecule has 1 amide bonds. The highest BCUT2D eigenvalue weighted by molar-refractivity contribution is 6.02. The Morgan fingerprint density at radius 2 is 1.76 bits per heavy atom. The number of benzene rings is 2. The maximum absolute atomic E-state index is 13.2. The van der Waals surface area contributed by atoms with Gasteiger partial charge in [0.25, 0.3) is 0 Å². The molecule has 6 nitrogen and oxygen atoms in total. The predicted molar refractivity (Wildman–Crippen MR) is 107 cm³/mol. The summed E-state index contributed by atoms with van der Waals surface area (Å²) in [5, 5.41) is 8.07. The number of hydrogen-bond donors (Lipinski definition) is 0. The Labute approximate surface area is 169 Å². The molecule has 2 atom stereocenters. The molecule has 6 heteroatoms. The summed E-state index contributed by atoms with van der Waals surface area (Å²) in [4.78, 5) is 27.9. The number of rotatable bonds is 6. The fourth-order valence-corrected chi connectivity index (χ4v) is 3.91. The van der Waals surface area contributed by atoms with E-state index >= 15 is 0 Å². The molecule has 2 unspecified atom stereocenters. The predicted octanol–water partition coefficient (Wildman–Crippen LogP) is 3.77. The number of hydrogen-bond acceptors (Lipinski definition) is 5. The van der Waals surface area contributed by atoms with Gasteiger partial charge in [0.05, 0.1) is 12.0 Å². The number of carbonyl (C=O) groups is 2. The van der Waals surface area contributed by atoms with Gasteiger partial charge in [-0.1, -0.05) is 60.7 Å². The van der Waals surface area contributed by atoms with Crippen LogP contribution in [0.25, 0.3) is 0 Å². The first-order valence-electron chi connectivity index (χ1n) is 9.87. The first-order chi connectivity index (χ1) is 14.1. The summed E-state index contributed by atoms with van der Waals surface area (Å²) in [6.07, 6.45) is 1.70. The van der Waals surface area contributed by atoms with E-state index in [1.807, 2.05) is 48.5 Å². The Hall–Kier alpha value is -3.28. The molecule has 0 N–H and O–H groups in total. The third-order valence-corrected chi connectivity index (χ3v) is 5.35. The molecule has 29 heavy (non-hydrogen) atoms. The molecule has 1 fully saturated rings. The summed E-state index contributed by atoms with van der Waals surface area (Å²) in [6.45, 7) is 2.32. The Bertz CT molecular complexity index is 985. The molecule has 0 bridgehead atoms. The Morgan fingerprint density at radius 1 is 1.07 bits per heavy atom. The van der Waals surface area contributed by atoms with Crippen LogP contribution in [0.1, 0.15) is 52.9 Å². The maximum atomic E-state index is 13.2. The number of carbonyl (C=O) groups excluding carboxylic acids is 2. The van der Waals surface area contributed by atoms with Crippen LogP contribution < -0.4 is 0 Å². The lowest BCUT2D eigenvalue weighted by molar-refractivity contribution is -0.131. The molecule has 0 radical (unpaired) electrons. The number of amides is 1. The Morgan fingerprint density at radius 3 is 2.41 bits per heavy atom. The van der Waals surface area contributed by atoms with Crippen molar-refractivity contribution in [3.05, 3.63) is 83.6 Å². The minimum atomic E-state index is -0.411. The van der Waals surface area contributed by atoms with Gasteiger partial charge in [0.1, 0.15) is 0 Å². The molecule has 0 saturated carbocycles. The minimum Gasteiger partial charge on any atom is -0.425 e. The van der Waals surface area contributed by atoms with E-state index in [2.05, 4.69) is 10.2 Å². The molecule has 1 aliphatic heterocycles. The lowest BCUT2D eigenvalue weighted by Crippen LogP contribution is -2.41. The van der Waals surface area contributed by atoms with Crippen molar-refractivity contribution in [1.82, 2.24) is 15.1 Å².